The number of hydrogen-bond donors (Lipinski definition) is 1. The molecule has 1 aromatic carbocycles. The van der Waals surface area contributed by atoms with Crippen LogP contribution in [0.15, 0.2) is 22.7 Å². The number of rotatable bonds is 4. The van der Waals surface area contributed by atoms with Crippen molar-refractivity contribution in [2.45, 2.75) is 38.6 Å². The second kappa shape index (κ2) is 7.53. The first kappa shape index (κ1) is 15.9. The van der Waals surface area contributed by atoms with Gasteiger partial charge in [0.05, 0.1) is 0 Å². The van der Waals surface area contributed by atoms with Crippen molar-refractivity contribution in [1.29, 1.82) is 0 Å². The van der Waals surface area contributed by atoms with E-state index in [2.05, 4.69) is 27.8 Å². The number of likely N-dealkylation sites (tertiary alicyclic amines) is 1. The molecule has 2 rings (SSSR count). The van der Waals surface area contributed by atoms with E-state index in [1.54, 1.807) is 12.1 Å². The topological polar surface area (TPSA) is 29.3 Å². The van der Waals surface area contributed by atoms with Gasteiger partial charge in [0.25, 0.3) is 0 Å². The monoisotopic (exact) mass is 342 g/mol. The van der Waals surface area contributed by atoms with Crippen molar-refractivity contribution < 1.29 is 4.39 Å². The summed E-state index contributed by atoms with van der Waals surface area (Å²) in [6.45, 7) is 4.91. The fraction of sp³-hybridized carbons (Fsp3) is 0.625. The van der Waals surface area contributed by atoms with Crippen LogP contribution in [0.25, 0.3) is 0 Å². The van der Waals surface area contributed by atoms with Crippen LogP contribution >= 0.6 is 15.9 Å². The van der Waals surface area contributed by atoms with Crippen molar-refractivity contribution in [3.63, 3.8) is 0 Å². The maximum Gasteiger partial charge on any atom is 0.123 e. The molecule has 0 spiro atoms. The molecule has 1 aromatic rings. The minimum absolute atomic E-state index is 0.107. The molecule has 1 saturated heterocycles. The molecule has 2 nitrogen and oxygen atoms in total. The van der Waals surface area contributed by atoms with Gasteiger partial charge >= 0.3 is 0 Å². The third kappa shape index (κ3) is 3.80. The predicted octanol–water partition coefficient (Wildman–Crippen LogP) is 4.10. The average Bonchev–Trinajstić information content (AvgIpc) is 2.69. The van der Waals surface area contributed by atoms with Gasteiger partial charge in [0.15, 0.2) is 0 Å². The fourth-order valence-electron chi connectivity index (χ4n) is 3.15. The van der Waals surface area contributed by atoms with E-state index in [-0.39, 0.29) is 11.9 Å². The highest BCUT2D eigenvalue weighted by Gasteiger charge is 2.24. The summed E-state index contributed by atoms with van der Waals surface area (Å²) in [7, 11) is 0. The van der Waals surface area contributed by atoms with Crippen LogP contribution in [-0.4, -0.2) is 24.5 Å². The maximum absolute atomic E-state index is 13.5. The fourth-order valence-corrected chi connectivity index (χ4v) is 3.66. The second-order valence-corrected chi connectivity index (χ2v) is 6.51. The van der Waals surface area contributed by atoms with Gasteiger partial charge in [0.1, 0.15) is 5.82 Å². The number of hydrogen-bond acceptors (Lipinski definition) is 2. The number of benzene rings is 1. The van der Waals surface area contributed by atoms with Crippen LogP contribution in [0.1, 0.15) is 44.2 Å². The maximum atomic E-state index is 13.5. The molecule has 20 heavy (non-hydrogen) atoms. The number of nitrogens with zero attached hydrogens (tertiary/aromatic N) is 1. The van der Waals surface area contributed by atoms with Crippen molar-refractivity contribution in [2.24, 2.45) is 11.7 Å². The SMILES string of the molecule is CCC1CCCN(C(CN)c2cc(F)ccc2Br)CC1. The van der Waals surface area contributed by atoms with Crippen LogP contribution in [-0.2, 0) is 0 Å². The van der Waals surface area contributed by atoms with E-state index in [1.165, 1.54) is 31.7 Å². The first-order chi connectivity index (χ1) is 9.65. The third-order valence-electron chi connectivity index (χ3n) is 4.44. The van der Waals surface area contributed by atoms with Crippen molar-refractivity contribution in [3.05, 3.63) is 34.1 Å². The Kier molecular flexibility index (Phi) is 6.00. The van der Waals surface area contributed by atoms with Gasteiger partial charge in [-0.05, 0) is 62.0 Å². The molecule has 112 valence electrons. The lowest BCUT2D eigenvalue weighted by atomic mass is 9.98. The lowest BCUT2D eigenvalue weighted by Gasteiger charge is -2.30. The molecule has 0 radical (unpaired) electrons. The summed E-state index contributed by atoms with van der Waals surface area (Å²) < 4.78 is 14.5. The van der Waals surface area contributed by atoms with E-state index in [0.717, 1.165) is 29.0 Å². The van der Waals surface area contributed by atoms with Gasteiger partial charge in [-0.1, -0.05) is 29.3 Å². The second-order valence-electron chi connectivity index (χ2n) is 5.66. The van der Waals surface area contributed by atoms with Crippen LogP contribution in [0.4, 0.5) is 4.39 Å². The summed E-state index contributed by atoms with van der Waals surface area (Å²) in [4.78, 5) is 2.43. The summed E-state index contributed by atoms with van der Waals surface area (Å²) in [5.41, 5.74) is 6.96. The predicted molar refractivity (Wildman–Crippen MR) is 85.1 cm³/mol. The van der Waals surface area contributed by atoms with E-state index in [9.17, 15) is 4.39 Å². The van der Waals surface area contributed by atoms with Crippen LogP contribution < -0.4 is 5.73 Å². The molecule has 0 amide bonds. The van der Waals surface area contributed by atoms with E-state index in [4.69, 9.17) is 5.73 Å². The summed E-state index contributed by atoms with van der Waals surface area (Å²) in [6.07, 6.45) is 4.99. The van der Waals surface area contributed by atoms with Crippen LogP contribution in [0, 0.1) is 11.7 Å². The standard InChI is InChI=1S/C16H24BrFN2/c1-2-12-4-3-8-20(9-7-12)16(11-19)14-10-13(18)5-6-15(14)17/h5-6,10,12,16H,2-4,7-9,11,19H2,1H3. The zero-order chi connectivity index (χ0) is 14.5. The van der Waals surface area contributed by atoms with E-state index in [1.807, 2.05) is 0 Å². The Morgan fingerprint density at radius 3 is 2.90 bits per heavy atom. The van der Waals surface area contributed by atoms with Crippen LogP contribution in [0.5, 0.6) is 0 Å². The van der Waals surface area contributed by atoms with Gasteiger partial charge in [-0.2, -0.15) is 0 Å². The Morgan fingerprint density at radius 2 is 2.20 bits per heavy atom. The Morgan fingerprint density at radius 1 is 1.40 bits per heavy atom. The first-order valence-electron chi connectivity index (χ1n) is 7.54. The van der Waals surface area contributed by atoms with Crippen LogP contribution in [0.2, 0.25) is 0 Å². The Bertz CT molecular complexity index is 438. The quantitative estimate of drug-likeness (QED) is 0.892. The third-order valence-corrected chi connectivity index (χ3v) is 5.16. The van der Waals surface area contributed by atoms with Crippen molar-refractivity contribution >= 4 is 15.9 Å². The van der Waals surface area contributed by atoms with Gasteiger partial charge in [-0.3, -0.25) is 4.90 Å². The van der Waals surface area contributed by atoms with Gasteiger partial charge in [0.2, 0.25) is 0 Å². The molecular weight excluding hydrogens is 319 g/mol. The molecule has 0 aromatic heterocycles. The minimum atomic E-state index is -0.192. The van der Waals surface area contributed by atoms with E-state index in [0.29, 0.717) is 6.54 Å². The molecular formula is C16H24BrFN2. The summed E-state index contributed by atoms with van der Waals surface area (Å²) in [6, 6.07) is 4.98. The molecule has 1 aliphatic heterocycles. The van der Waals surface area contributed by atoms with E-state index >= 15 is 0 Å². The molecule has 2 unspecified atom stereocenters. The number of nitrogens with two attached hydrogens (primary N) is 1. The zero-order valence-corrected chi connectivity index (χ0v) is 13.7. The van der Waals surface area contributed by atoms with Gasteiger partial charge < -0.3 is 5.73 Å². The minimum Gasteiger partial charge on any atom is -0.329 e. The zero-order valence-electron chi connectivity index (χ0n) is 12.1. The molecule has 0 saturated carbocycles. The molecule has 1 aliphatic rings. The van der Waals surface area contributed by atoms with Crippen LogP contribution in [0.3, 0.4) is 0 Å². The normalized spacial score (nSPS) is 22.5. The Balaban J connectivity index is 2.17. The molecule has 4 heteroatoms. The van der Waals surface area contributed by atoms with E-state index < -0.39 is 0 Å². The van der Waals surface area contributed by atoms with Crippen molar-refractivity contribution in [1.82, 2.24) is 4.90 Å². The molecule has 1 fully saturated rings. The lowest BCUT2D eigenvalue weighted by molar-refractivity contribution is 0.206. The van der Waals surface area contributed by atoms with Crippen molar-refractivity contribution in [2.75, 3.05) is 19.6 Å². The largest absolute Gasteiger partial charge is 0.329 e. The van der Waals surface area contributed by atoms with Gasteiger partial charge in [-0.15, -0.1) is 0 Å². The van der Waals surface area contributed by atoms with Gasteiger partial charge in [-0.25, -0.2) is 4.39 Å². The summed E-state index contributed by atoms with van der Waals surface area (Å²) >= 11 is 3.53. The smallest absolute Gasteiger partial charge is 0.123 e. The summed E-state index contributed by atoms with van der Waals surface area (Å²) in [5.74, 6) is 0.636. The Labute approximate surface area is 129 Å². The first-order valence-corrected chi connectivity index (χ1v) is 8.34. The highest BCUT2D eigenvalue weighted by atomic mass is 79.9. The highest BCUT2D eigenvalue weighted by molar-refractivity contribution is 9.10. The molecule has 2 atom stereocenters. The molecule has 0 aliphatic carbocycles. The van der Waals surface area contributed by atoms with Gasteiger partial charge in [0, 0.05) is 17.1 Å². The average molecular weight is 343 g/mol. The summed E-state index contributed by atoms with van der Waals surface area (Å²) in [5, 5.41) is 0. The molecule has 0 bridgehead atoms. The lowest BCUT2D eigenvalue weighted by Crippen LogP contribution is -2.35. The number of halogens is 2. The molecule has 1 heterocycles. The molecule has 2 N–H and O–H groups in total. The van der Waals surface area contributed by atoms with Crippen molar-refractivity contribution in [3.8, 4) is 0 Å². The Hall–Kier alpha value is -0.450. The highest BCUT2D eigenvalue weighted by Crippen LogP contribution is 2.31.